The predicted molar refractivity (Wildman–Crippen MR) is 66.5 cm³/mol. The molecule has 15 heavy (non-hydrogen) atoms. The van der Waals surface area contributed by atoms with E-state index in [0.29, 0.717) is 0 Å². The highest BCUT2D eigenvalue weighted by Gasteiger charge is 2.11. The lowest BCUT2D eigenvalue weighted by atomic mass is 10.1. The van der Waals surface area contributed by atoms with Crippen molar-refractivity contribution in [1.82, 2.24) is 0 Å². The molecule has 0 radical (unpaired) electrons. The van der Waals surface area contributed by atoms with Gasteiger partial charge < -0.3 is 0 Å². The minimum Gasteiger partial charge on any atom is -0.258 e. The van der Waals surface area contributed by atoms with Crippen molar-refractivity contribution in [2.45, 2.75) is 32.5 Å². The summed E-state index contributed by atoms with van der Waals surface area (Å²) in [7, 11) is 0. The van der Waals surface area contributed by atoms with Crippen molar-refractivity contribution >= 4 is 21.6 Å². The number of rotatable bonds is 2. The molecule has 1 rings (SSSR count). The molecule has 0 fully saturated rings. The van der Waals surface area contributed by atoms with Gasteiger partial charge in [-0.1, -0.05) is 35.8 Å². The fourth-order valence-electron chi connectivity index (χ4n) is 1.17. The van der Waals surface area contributed by atoms with Crippen molar-refractivity contribution in [1.29, 1.82) is 0 Å². The Morgan fingerprint density at radius 3 is 2.33 bits per heavy atom. The van der Waals surface area contributed by atoms with Crippen molar-refractivity contribution in [2.24, 2.45) is 0 Å². The van der Waals surface area contributed by atoms with E-state index in [9.17, 15) is 10.1 Å². The molecule has 0 aliphatic heterocycles. The topological polar surface area (TPSA) is 43.1 Å². The van der Waals surface area contributed by atoms with E-state index in [1.807, 2.05) is 27.7 Å². The van der Waals surface area contributed by atoms with Gasteiger partial charge in [-0.05, 0) is 25.0 Å². The SMILES string of the molecule is CC.Cc1ccc([N+](=O)[O-])cc1C(C)Br. The van der Waals surface area contributed by atoms with Crippen molar-refractivity contribution in [2.75, 3.05) is 0 Å². The average Bonchev–Trinajstić information content (AvgIpc) is 2.20. The average molecular weight is 274 g/mol. The van der Waals surface area contributed by atoms with E-state index in [2.05, 4.69) is 15.9 Å². The summed E-state index contributed by atoms with van der Waals surface area (Å²) in [5.41, 5.74) is 2.18. The Labute approximate surface area is 98.8 Å². The van der Waals surface area contributed by atoms with Crippen molar-refractivity contribution in [3.8, 4) is 0 Å². The summed E-state index contributed by atoms with van der Waals surface area (Å²) in [4.78, 5) is 10.2. The summed E-state index contributed by atoms with van der Waals surface area (Å²) in [6.07, 6.45) is 0. The molecule has 0 spiro atoms. The van der Waals surface area contributed by atoms with Gasteiger partial charge in [0.2, 0.25) is 0 Å². The quantitative estimate of drug-likeness (QED) is 0.456. The molecule has 1 atom stereocenters. The molecule has 0 N–H and O–H groups in total. The van der Waals surface area contributed by atoms with Crippen molar-refractivity contribution in [3.05, 3.63) is 39.4 Å². The molecule has 3 nitrogen and oxygen atoms in total. The summed E-state index contributed by atoms with van der Waals surface area (Å²) >= 11 is 3.39. The summed E-state index contributed by atoms with van der Waals surface area (Å²) in [5.74, 6) is 0. The fourth-order valence-corrected chi connectivity index (χ4v) is 1.66. The number of hydrogen-bond acceptors (Lipinski definition) is 2. The van der Waals surface area contributed by atoms with Gasteiger partial charge in [-0.2, -0.15) is 0 Å². The second kappa shape index (κ2) is 6.56. The van der Waals surface area contributed by atoms with Crippen LogP contribution in [0.5, 0.6) is 0 Å². The lowest BCUT2D eigenvalue weighted by molar-refractivity contribution is -0.384. The van der Waals surface area contributed by atoms with Crippen LogP contribution in [0.4, 0.5) is 5.69 Å². The van der Waals surface area contributed by atoms with Crippen molar-refractivity contribution in [3.63, 3.8) is 0 Å². The third-order valence-electron chi connectivity index (χ3n) is 1.90. The molecule has 0 aromatic heterocycles. The maximum absolute atomic E-state index is 10.5. The molecule has 4 heteroatoms. The molecule has 0 aliphatic carbocycles. The number of alkyl halides is 1. The van der Waals surface area contributed by atoms with Gasteiger partial charge in [0.15, 0.2) is 0 Å². The lowest BCUT2D eigenvalue weighted by Crippen LogP contribution is -1.93. The van der Waals surface area contributed by atoms with Crippen LogP contribution in [-0.4, -0.2) is 4.92 Å². The Bertz CT molecular complexity index is 337. The fraction of sp³-hybridized carbons (Fsp3) is 0.455. The summed E-state index contributed by atoms with van der Waals surface area (Å²) in [6.45, 7) is 7.89. The summed E-state index contributed by atoms with van der Waals surface area (Å²) in [5, 5.41) is 10.5. The van der Waals surface area contributed by atoms with Crippen molar-refractivity contribution < 1.29 is 4.92 Å². The summed E-state index contributed by atoms with van der Waals surface area (Å²) in [6, 6.07) is 4.90. The van der Waals surface area contributed by atoms with E-state index in [1.54, 1.807) is 12.1 Å². The number of hydrogen-bond donors (Lipinski definition) is 0. The molecule has 0 saturated heterocycles. The monoisotopic (exact) mass is 273 g/mol. The first-order valence-corrected chi connectivity index (χ1v) is 5.83. The van der Waals surface area contributed by atoms with Gasteiger partial charge in [0.25, 0.3) is 5.69 Å². The van der Waals surface area contributed by atoms with Crippen LogP contribution in [0, 0.1) is 17.0 Å². The highest BCUT2D eigenvalue weighted by atomic mass is 79.9. The van der Waals surface area contributed by atoms with Gasteiger partial charge in [-0.25, -0.2) is 0 Å². The van der Waals surface area contributed by atoms with Crippen LogP contribution in [-0.2, 0) is 0 Å². The lowest BCUT2D eigenvalue weighted by Gasteiger charge is -2.06. The molecule has 0 amide bonds. The standard InChI is InChI=1S/C9H10BrNO2.C2H6/c1-6-3-4-8(11(12)13)5-9(6)7(2)10;1-2/h3-5,7H,1-2H3;1-2H3. The number of benzene rings is 1. The Morgan fingerprint density at radius 2 is 1.93 bits per heavy atom. The van der Waals surface area contributed by atoms with Crippen LogP contribution in [0.1, 0.15) is 36.7 Å². The maximum atomic E-state index is 10.5. The third kappa shape index (κ3) is 4.00. The van der Waals surface area contributed by atoms with Gasteiger partial charge in [0.1, 0.15) is 0 Å². The van der Waals surface area contributed by atoms with Gasteiger partial charge in [-0.3, -0.25) is 10.1 Å². The van der Waals surface area contributed by atoms with E-state index in [0.717, 1.165) is 11.1 Å². The Balaban J connectivity index is 0.000000921. The normalized spacial score (nSPS) is 11.3. The summed E-state index contributed by atoms with van der Waals surface area (Å²) < 4.78 is 0. The number of nitrogens with zero attached hydrogens (tertiary/aromatic N) is 1. The van der Waals surface area contributed by atoms with Crippen LogP contribution in [0.2, 0.25) is 0 Å². The third-order valence-corrected chi connectivity index (χ3v) is 2.40. The molecule has 84 valence electrons. The van der Waals surface area contributed by atoms with Crippen LogP contribution in [0.25, 0.3) is 0 Å². The molecule has 0 bridgehead atoms. The molecule has 0 saturated carbocycles. The number of nitro groups is 1. The van der Waals surface area contributed by atoms with Gasteiger partial charge in [0.05, 0.1) is 4.92 Å². The first kappa shape index (κ1) is 14.1. The minimum atomic E-state index is -0.377. The zero-order chi connectivity index (χ0) is 12.0. The largest absolute Gasteiger partial charge is 0.269 e. The van der Waals surface area contributed by atoms with E-state index in [-0.39, 0.29) is 15.4 Å². The Kier molecular flexibility index (Phi) is 6.17. The van der Waals surface area contributed by atoms with Crippen LogP contribution >= 0.6 is 15.9 Å². The zero-order valence-electron chi connectivity index (χ0n) is 9.45. The number of non-ortho nitro benzene ring substituents is 1. The molecular formula is C11H16BrNO2. The number of halogens is 1. The molecule has 1 aromatic rings. The van der Waals surface area contributed by atoms with Gasteiger partial charge >= 0.3 is 0 Å². The van der Waals surface area contributed by atoms with E-state index in [1.165, 1.54) is 6.07 Å². The maximum Gasteiger partial charge on any atom is 0.269 e. The van der Waals surface area contributed by atoms with E-state index < -0.39 is 0 Å². The zero-order valence-corrected chi connectivity index (χ0v) is 11.0. The first-order chi connectivity index (χ1) is 7.02. The van der Waals surface area contributed by atoms with Gasteiger partial charge in [0, 0.05) is 17.0 Å². The first-order valence-electron chi connectivity index (χ1n) is 4.91. The highest BCUT2D eigenvalue weighted by molar-refractivity contribution is 9.09. The second-order valence-electron chi connectivity index (χ2n) is 2.91. The molecule has 1 unspecified atom stereocenters. The molecule has 0 heterocycles. The van der Waals surface area contributed by atoms with Gasteiger partial charge in [-0.15, -0.1) is 0 Å². The minimum absolute atomic E-state index is 0.145. The van der Waals surface area contributed by atoms with Crippen LogP contribution in [0.15, 0.2) is 18.2 Å². The Morgan fingerprint density at radius 1 is 1.40 bits per heavy atom. The molecular weight excluding hydrogens is 258 g/mol. The predicted octanol–water partition coefficient (Wildman–Crippen LogP) is 4.39. The van der Waals surface area contributed by atoms with Crippen LogP contribution < -0.4 is 0 Å². The Hall–Kier alpha value is -0.900. The number of nitro benzene ring substituents is 1. The smallest absolute Gasteiger partial charge is 0.258 e. The molecule has 1 aromatic carbocycles. The second-order valence-corrected chi connectivity index (χ2v) is 4.29. The van der Waals surface area contributed by atoms with E-state index >= 15 is 0 Å². The van der Waals surface area contributed by atoms with E-state index in [4.69, 9.17) is 0 Å². The van der Waals surface area contributed by atoms with Crippen LogP contribution in [0.3, 0.4) is 0 Å². The number of aryl methyl sites for hydroxylation is 1. The molecule has 0 aliphatic rings. The highest BCUT2D eigenvalue weighted by Crippen LogP contribution is 2.28.